The van der Waals surface area contributed by atoms with Gasteiger partial charge in [0.25, 0.3) is 0 Å². The molecular weight excluding hydrogens is 1180 g/mol. The number of aryl methyl sites for hydroxylation is 1. The Hall–Kier alpha value is -9.33. The molecule has 14 aromatic rings. The van der Waals surface area contributed by atoms with Crippen LogP contribution in [0.4, 0.5) is 34.1 Å². The molecule has 0 spiro atoms. The standard InChI is InChI=1S/C83H60IN2S/c1-7-55-64(51-40-44-70-66(46-51)56-28-14-18-34-68(56)82(70,3)4)49-76(85(53-24-10-8-11-25-53)73-37-22-32-61-58-30-16-20-36-72(58)84-80(61)73)63-43-42-60-65(52-41-45-71-67(47-52)57-29-15-19-35-69(57)83(71,5)6)48-75(50(2)78(60)79(55)63)86(54-26-12-9-13-27-54)74-38-23-33-62-59-31-17-21-39-77(59)87-81(62)74/h7-49H,1H2,2-6H3/q-1. The van der Waals surface area contributed by atoms with Crippen molar-refractivity contribution in [3.05, 3.63) is 302 Å². The third-order valence-corrected chi connectivity index (χ3v) is 23.8. The summed E-state index contributed by atoms with van der Waals surface area (Å²) in [6.45, 7) is 16.7. The zero-order valence-corrected chi connectivity index (χ0v) is 52.2. The van der Waals surface area contributed by atoms with Gasteiger partial charge in [0.05, 0.1) is 0 Å². The fourth-order valence-corrected chi connectivity index (χ4v) is 19.6. The molecule has 0 saturated heterocycles. The van der Waals surface area contributed by atoms with Gasteiger partial charge in [-0.1, -0.05) is 92.7 Å². The fraction of sp³-hybridized carbons (Fsp3) is 0.0843. The van der Waals surface area contributed by atoms with Crippen LogP contribution in [0.15, 0.2) is 261 Å². The van der Waals surface area contributed by atoms with E-state index in [4.69, 9.17) is 6.58 Å². The van der Waals surface area contributed by atoms with Gasteiger partial charge < -0.3 is 0 Å². The predicted molar refractivity (Wildman–Crippen MR) is 367 cm³/mol. The van der Waals surface area contributed by atoms with Gasteiger partial charge in [-0.25, -0.2) is 0 Å². The molecule has 2 heterocycles. The quantitative estimate of drug-likeness (QED) is 0.105. The van der Waals surface area contributed by atoms with Crippen LogP contribution in [0, 0.1) is 14.1 Å². The molecule has 0 atom stereocenters. The summed E-state index contributed by atoms with van der Waals surface area (Å²) in [4.78, 5) is 5.16. The van der Waals surface area contributed by atoms with Gasteiger partial charge in [-0.05, 0) is 22.8 Å². The van der Waals surface area contributed by atoms with Crippen molar-refractivity contribution in [1.82, 2.24) is 0 Å². The molecule has 1 aromatic heterocycles. The van der Waals surface area contributed by atoms with Gasteiger partial charge in [0, 0.05) is 20.9 Å². The zero-order chi connectivity index (χ0) is 58.4. The van der Waals surface area contributed by atoms with Gasteiger partial charge in [-0.2, -0.15) is 0 Å². The summed E-state index contributed by atoms with van der Waals surface area (Å²) in [6, 6.07) is 96.6. The van der Waals surface area contributed by atoms with Gasteiger partial charge in [0.15, 0.2) is 0 Å². The maximum absolute atomic E-state index is 4.84. The van der Waals surface area contributed by atoms with E-state index in [1.807, 2.05) is 11.3 Å². The number of halogens is 1. The summed E-state index contributed by atoms with van der Waals surface area (Å²) in [5, 5.41) is 7.30. The van der Waals surface area contributed by atoms with Crippen molar-refractivity contribution < 1.29 is 21.2 Å². The Morgan fingerprint density at radius 3 is 1.57 bits per heavy atom. The molecule has 87 heavy (non-hydrogen) atoms. The van der Waals surface area contributed by atoms with Crippen molar-refractivity contribution in [3.8, 4) is 55.6 Å². The third-order valence-electron chi connectivity index (χ3n) is 19.4. The number of para-hydroxylation sites is 2. The molecule has 0 radical (unpaired) electrons. The van der Waals surface area contributed by atoms with Crippen molar-refractivity contribution in [2.24, 2.45) is 0 Å². The Morgan fingerprint density at radius 1 is 0.379 bits per heavy atom. The molecule has 0 unspecified atom stereocenters. The minimum atomic E-state index is -0.510. The first-order valence-corrected chi connectivity index (χ1v) is 33.2. The molecule has 2 nitrogen and oxygen atoms in total. The molecular formula is C83H60IN2S-. The minimum absolute atomic E-state index is 0.135. The molecule has 0 amide bonds. The van der Waals surface area contributed by atoms with E-state index < -0.39 is 21.2 Å². The number of hydrogen-bond acceptors (Lipinski definition) is 3. The summed E-state index contributed by atoms with van der Waals surface area (Å²) < 4.78 is 5.45. The average molecular weight is 1240 g/mol. The summed E-state index contributed by atoms with van der Waals surface area (Å²) in [6.07, 6.45) is 2.16. The number of hydrogen-bond donors (Lipinski definition) is 0. The fourth-order valence-electron chi connectivity index (χ4n) is 15.2. The van der Waals surface area contributed by atoms with Crippen LogP contribution >= 0.6 is 11.3 Å². The number of nitrogens with zero attached hydrogens (tertiary/aromatic N) is 2. The summed E-state index contributed by atoms with van der Waals surface area (Å²) in [5.41, 5.74) is 26.9. The molecule has 0 bridgehead atoms. The van der Waals surface area contributed by atoms with E-state index in [2.05, 4.69) is 305 Å². The van der Waals surface area contributed by atoms with Crippen LogP contribution in [0.3, 0.4) is 0 Å². The topological polar surface area (TPSA) is 6.48 Å². The van der Waals surface area contributed by atoms with Crippen LogP contribution in [0.5, 0.6) is 0 Å². The number of fused-ring (bicyclic) bond motifs is 15. The van der Waals surface area contributed by atoms with E-state index in [0.717, 1.165) is 45.0 Å². The van der Waals surface area contributed by atoms with Gasteiger partial charge >= 0.3 is 380 Å². The second kappa shape index (κ2) is 19.6. The second-order valence-electron chi connectivity index (χ2n) is 24.7. The van der Waals surface area contributed by atoms with Gasteiger partial charge in [0.2, 0.25) is 0 Å². The van der Waals surface area contributed by atoms with Gasteiger partial charge in [-0.15, -0.1) is 11.3 Å². The molecule has 1 aliphatic heterocycles. The van der Waals surface area contributed by atoms with Crippen LogP contribution in [-0.2, 0) is 10.8 Å². The first-order valence-electron chi connectivity index (χ1n) is 30.2. The first-order chi connectivity index (χ1) is 42.6. The molecule has 17 rings (SSSR count). The van der Waals surface area contributed by atoms with E-state index in [-0.39, 0.29) is 10.8 Å². The predicted octanol–water partition coefficient (Wildman–Crippen LogP) is 20.3. The monoisotopic (exact) mass is 1240 g/mol. The van der Waals surface area contributed by atoms with Crippen molar-refractivity contribution in [2.45, 2.75) is 45.4 Å². The van der Waals surface area contributed by atoms with E-state index in [1.165, 1.54) is 127 Å². The molecule has 0 fully saturated rings. The van der Waals surface area contributed by atoms with E-state index in [0.29, 0.717) is 0 Å². The van der Waals surface area contributed by atoms with E-state index in [1.54, 1.807) is 0 Å². The summed E-state index contributed by atoms with van der Waals surface area (Å²) in [7, 11) is 0. The SMILES string of the molecule is C=Cc1c(-c2ccc3c(c2)-c2ccccc2C3(C)C)cc(N(c2ccccc2)c2cccc3c2[I-]c2ccccc2-3)c2ccc3c(-c4ccc5c(c4)-c4ccccc4C5(C)C)cc(N(c4ccccc4)c4cccc5c4sc4ccccc45)c(C)c3c12. The Kier molecular flexibility index (Phi) is 11.7. The molecule has 416 valence electrons. The Balaban J connectivity index is 1.03. The van der Waals surface area contributed by atoms with Gasteiger partial charge in [-0.3, -0.25) is 0 Å². The van der Waals surface area contributed by atoms with Crippen molar-refractivity contribution >= 4 is 93.3 Å². The van der Waals surface area contributed by atoms with Crippen LogP contribution in [0.25, 0.3) is 103 Å². The maximum atomic E-state index is 4.84. The number of thiophene rings is 1. The third kappa shape index (κ3) is 7.70. The molecule has 0 saturated carbocycles. The van der Waals surface area contributed by atoms with Crippen LogP contribution in [0.2, 0.25) is 0 Å². The first kappa shape index (κ1) is 52.0. The van der Waals surface area contributed by atoms with Crippen molar-refractivity contribution in [3.63, 3.8) is 0 Å². The number of rotatable bonds is 9. The van der Waals surface area contributed by atoms with Crippen molar-refractivity contribution in [1.29, 1.82) is 0 Å². The Labute approximate surface area is 523 Å². The van der Waals surface area contributed by atoms with Crippen molar-refractivity contribution in [2.75, 3.05) is 9.80 Å². The second-order valence-corrected chi connectivity index (χ2v) is 28.5. The normalized spacial score (nSPS) is 13.9. The number of benzene rings is 13. The van der Waals surface area contributed by atoms with E-state index in [9.17, 15) is 0 Å². The summed E-state index contributed by atoms with van der Waals surface area (Å²) >= 11 is 1.37. The molecule has 13 aromatic carbocycles. The average Bonchev–Trinajstić information content (AvgIpc) is 1.57. The van der Waals surface area contributed by atoms with Crippen LogP contribution in [-0.4, -0.2) is 0 Å². The molecule has 0 N–H and O–H groups in total. The number of anilines is 6. The van der Waals surface area contributed by atoms with Gasteiger partial charge in [0.1, 0.15) is 0 Å². The van der Waals surface area contributed by atoms with Crippen LogP contribution in [0.1, 0.15) is 61.1 Å². The molecule has 3 aliphatic rings. The molecule has 4 heteroatoms. The Bertz CT molecular complexity index is 5240. The zero-order valence-electron chi connectivity index (χ0n) is 49.2. The summed E-state index contributed by atoms with van der Waals surface area (Å²) in [5.74, 6) is 0. The molecule has 2 aliphatic carbocycles. The van der Waals surface area contributed by atoms with E-state index >= 15 is 0 Å². The van der Waals surface area contributed by atoms with Crippen LogP contribution < -0.4 is 31.0 Å². The Morgan fingerprint density at radius 2 is 0.897 bits per heavy atom.